The van der Waals surface area contributed by atoms with Crippen LogP contribution in [-0.4, -0.2) is 23.3 Å². The van der Waals surface area contributed by atoms with Crippen LogP contribution in [0.15, 0.2) is 65.7 Å². The molecule has 0 radical (unpaired) electrons. The monoisotopic (exact) mass is 444 g/mol. The van der Waals surface area contributed by atoms with Crippen LogP contribution in [0.4, 0.5) is 0 Å². The zero-order chi connectivity index (χ0) is 21.8. The van der Waals surface area contributed by atoms with Crippen molar-refractivity contribution in [1.82, 2.24) is 0 Å². The largest absolute Gasteiger partial charge is 0.490 e. The fourth-order valence-corrected chi connectivity index (χ4v) is 7.90. The van der Waals surface area contributed by atoms with Crippen molar-refractivity contribution < 1.29 is 4.74 Å². The summed E-state index contributed by atoms with van der Waals surface area (Å²) in [5.41, 5.74) is 7.71. The highest BCUT2D eigenvalue weighted by Gasteiger charge is 2.77. The minimum absolute atomic E-state index is 0.00312. The van der Waals surface area contributed by atoms with Gasteiger partial charge in [0.1, 0.15) is 16.8 Å². The van der Waals surface area contributed by atoms with E-state index < -0.39 is 0 Å². The van der Waals surface area contributed by atoms with E-state index in [1.807, 2.05) is 6.07 Å². The molecule has 0 spiro atoms. The Morgan fingerprint density at radius 2 is 1.62 bits per heavy atom. The molecule has 5 aliphatic rings. The fourth-order valence-electron chi connectivity index (χ4n) is 7.53. The molecule has 2 N–H and O–H groups in total. The van der Waals surface area contributed by atoms with E-state index in [0.29, 0.717) is 23.8 Å². The van der Waals surface area contributed by atoms with Gasteiger partial charge in [0.05, 0.1) is 0 Å². The van der Waals surface area contributed by atoms with Gasteiger partial charge in [-0.05, 0) is 68.6 Å². The summed E-state index contributed by atoms with van der Waals surface area (Å²) in [5.74, 6) is 2.44. The van der Waals surface area contributed by atoms with Gasteiger partial charge < -0.3 is 10.5 Å². The van der Waals surface area contributed by atoms with E-state index in [-0.39, 0.29) is 16.9 Å². The molecule has 2 aromatic carbocycles. The Balaban J connectivity index is 1.29. The number of nitrogens with two attached hydrogens (primary N) is 1. The Morgan fingerprint density at radius 1 is 0.938 bits per heavy atom. The average Bonchev–Trinajstić information content (AvgIpc) is 3.53. The van der Waals surface area contributed by atoms with E-state index in [0.717, 1.165) is 55.7 Å². The molecular formula is C28H32N2OS. The summed E-state index contributed by atoms with van der Waals surface area (Å²) in [5, 5.41) is 0. The first kappa shape index (κ1) is 20.6. The van der Waals surface area contributed by atoms with Crippen molar-refractivity contribution in [1.29, 1.82) is 0 Å². The minimum atomic E-state index is -0.00312. The Labute approximate surface area is 196 Å². The van der Waals surface area contributed by atoms with Crippen LogP contribution in [0.2, 0.25) is 0 Å². The third kappa shape index (κ3) is 3.10. The molecule has 5 atom stereocenters. The van der Waals surface area contributed by atoms with Crippen LogP contribution in [-0.2, 0) is 5.41 Å². The molecule has 0 aliphatic heterocycles. The predicted molar refractivity (Wildman–Crippen MR) is 133 cm³/mol. The van der Waals surface area contributed by atoms with Crippen LogP contribution in [0, 0.1) is 23.2 Å². The Hall–Kier alpha value is -2.04. The lowest BCUT2D eigenvalue weighted by molar-refractivity contribution is 0.110. The van der Waals surface area contributed by atoms with Crippen LogP contribution < -0.4 is 10.5 Å². The molecule has 3 nitrogen and oxygen atoms in total. The van der Waals surface area contributed by atoms with Gasteiger partial charge in [-0.2, -0.15) is 0 Å². The van der Waals surface area contributed by atoms with Gasteiger partial charge in [-0.15, -0.1) is 0 Å². The summed E-state index contributed by atoms with van der Waals surface area (Å²) in [6, 6.07) is 21.8. The Bertz CT molecular complexity index is 1020. The summed E-state index contributed by atoms with van der Waals surface area (Å²) in [6.45, 7) is 0. The van der Waals surface area contributed by atoms with E-state index in [1.54, 1.807) is 0 Å². The number of hydrogen-bond acceptors (Lipinski definition) is 3. The number of thiocarbonyl (C=S) groups is 1. The standard InChI is InChI=1S/C28H32N2OS/c29-21-13-11-19(12-14-21)17-30-26(32)28-16-23-25(31-22-9-5-2-6-10-22)24(28)15-27(23,18-28)20-7-3-1-4-8-20/h1-10,17,19,21,23-25H,11-16,18,29H2. The third-order valence-corrected chi connectivity index (χ3v) is 9.53. The van der Waals surface area contributed by atoms with E-state index in [9.17, 15) is 0 Å². The van der Waals surface area contributed by atoms with Crippen molar-refractivity contribution in [3.05, 3.63) is 66.2 Å². The number of ether oxygens (including phenoxy) is 1. The van der Waals surface area contributed by atoms with E-state index in [1.165, 1.54) is 5.56 Å². The predicted octanol–water partition coefficient (Wildman–Crippen LogP) is 5.72. The molecule has 5 unspecified atom stereocenters. The van der Waals surface area contributed by atoms with Gasteiger partial charge in [-0.3, -0.25) is 4.99 Å². The maximum Gasteiger partial charge on any atom is 0.119 e. The lowest BCUT2D eigenvalue weighted by Gasteiger charge is -2.34. The molecule has 0 heterocycles. The zero-order valence-corrected chi connectivity index (χ0v) is 19.3. The summed E-state index contributed by atoms with van der Waals surface area (Å²) in [6.07, 6.45) is 10.2. The second-order valence-corrected chi connectivity index (χ2v) is 11.0. The van der Waals surface area contributed by atoms with Crippen LogP contribution in [0.5, 0.6) is 5.75 Å². The molecule has 32 heavy (non-hydrogen) atoms. The third-order valence-electron chi connectivity index (χ3n) is 9.02. The topological polar surface area (TPSA) is 47.6 Å². The normalized spacial score (nSPS) is 39.7. The Morgan fingerprint density at radius 3 is 2.34 bits per heavy atom. The van der Waals surface area contributed by atoms with Gasteiger partial charge in [0.2, 0.25) is 0 Å². The minimum Gasteiger partial charge on any atom is -0.490 e. The number of hydrogen-bond donors (Lipinski definition) is 1. The number of nitrogens with zero attached hydrogens (tertiary/aromatic N) is 1. The summed E-state index contributed by atoms with van der Waals surface area (Å²) >= 11 is 6.09. The number of rotatable bonds is 5. The molecule has 0 amide bonds. The van der Waals surface area contributed by atoms with E-state index in [2.05, 4.69) is 60.8 Å². The maximum atomic E-state index is 6.67. The summed E-state index contributed by atoms with van der Waals surface area (Å²) in [4.78, 5) is 5.91. The molecule has 4 heteroatoms. The molecule has 5 fully saturated rings. The zero-order valence-electron chi connectivity index (χ0n) is 18.5. The van der Waals surface area contributed by atoms with Crippen LogP contribution in [0.3, 0.4) is 0 Å². The number of para-hydroxylation sites is 1. The van der Waals surface area contributed by atoms with Crippen molar-refractivity contribution in [2.24, 2.45) is 33.9 Å². The lowest BCUT2D eigenvalue weighted by Crippen LogP contribution is -2.38. The number of benzene rings is 2. The second-order valence-electron chi connectivity index (χ2n) is 10.6. The number of aliphatic imine (C=N–C) groups is 1. The van der Waals surface area contributed by atoms with E-state index >= 15 is 0 Å². The summed E-state index contributed by atoms with van der Waals surface area (Å²) < 4.78 is 6.67. The van der Waals surface area contributed by atoms with Gasteiger partial charge in [0.25, 0.3) is 0 Å². The fraction of sp³-hybridized carbons (Fsp3) is 0.500. The maximum absolute atomic E-state index is 6.67. The van der Waals surface area contributed by atoms with E-state index in [4.69, 9.17) is 27.7 Å². The van der Waals surface area contributed by atoms with Crippen LogP contribution in [0.25, 0.3) is 0 Å². The van der Waals surface area contributed by atoms with Crippen molar-refractivity contribution in [2.45, 2.75) is 62.5 Å². The van der Waals surface area contributed by atoms with Crippen molar-refractivity contribution in [3.63, 3.8) is 0 Å². The van der Waals surface area contributed by atoms with Gasteiger partial charge in [-0.25, -0.2) is 0 Å². The highest BCUT2D eigenvalue weighted by Crippen LogP contribution is 2.77. The van der Waals surface area contributed by atoms with Crippen LogP contribution in [0.1, 0.15) is 50.5 Å². The van der Waals surface area contributed by atoms with Gasteiger partial charge in [0.15, 0.2) is 0 Å². The molecule has 0 saturated heterocycles. The molecule has 2 aromatic rings. The first-order chi connectivity index (χ1) is 15.6. The molecule has 7 rings (SSSR count). The lowest BCUT2D eigenvalue weighted by atomic mass is 9.74. The van der Waals surface area contributed by atoms with Gasteiger partial charge >= 0.3 is 0 Å². The quantitative estimate of drug-likeness (QED) is 0.474. The van der Waals surface area contributed by atoms with Crippen molar-refractivity contribution >= 4 is 23.4 Å². The highest BCUT2D eigenvalue weighted by atomic mass is 32.1. The molecule has 4 bridgehead atoms. The molecule has 5 saturated carbocycles. The van der Waals surface area contributed by atoms with Crippen molar-refractivity contribution in [2.75, 3.05) is 0 Å². The average molecular weight is 445 g/mol. The first-order valence-corrected chi connectivity index (χ1v) is 12.6. The van der Waals surface area contributed by atoms with Crippen molar-refractivity contribution in [3.8, 4) is 5.75 Å². The smallest absolute Gasteiger partial charge is 0.119 e. The SMILES string of the molecule is NC1CCC(C=NC(=S)C23CC4C(Oc5ccccc5)C2CC4(c2ccccc2)C3)CC1. The molecule has 5 aliphatic carbocycles. The summed E-state index contributed by atoms with van der Waals surface area (Å²) in [7, 11) is 0. The van der Waals surface area contributed by atoms with Gasteiger partial charge in [-0.1, -0.05) is 60.7 Å². The second kappa shape index (κ2) is 7.78. The Kier molecular flexibility index (Phi) is 5.00. The highest BCUT2D eigenvalue weighted by molar-refractivity contribution is 7.80. The molecule has 166 valence electrons. The van der Waals surface area contributed by atoms with Gasteiger partial charge in [0, 0.05) is 34.9 Å². The van der Waals surface area contributed by atoms with Crippen LogP contribution >= 0.6 is 12.2 Å². The molecule has 0 aromatic heterocycles. The molecular weight excluding hydrogens is 412 g/mol. The first-order valence-electron chi connectivity index (χ1n) is 12.2.